The van der Waals surface area contributed by atoms with E-state index in [0.717, 1.165) is 0 Å². The van der Waals surface area contributed by atoms with E-state index >= 15 is 0 Å². The number of ether oxygens (including phenoxy) is 1. The number of aliphatic hydroxyl groups is 1. The van der Waals surface area contributed by atoms with E-state index in [1.807, 2.05) is 0 Å². The fourth-order valence-corrected chi connectivity index (χ4v) is 1.39. The summed E-state index contributed by atoms with van der Waals surface area (Å²) >= 11 is 0. The molecule has 0 aromatic heterocycles. The van der Waals surface area contributed by atoms with Crippen molar-refractivity contribution in [3.05, 3.63) is 0 Å². The van der Waals surface area contributed by atoms with Gasteiger partial charge in [0.05, 0.1) is 0 Å². The summed E-state index contributed by atoms with van der Waals surface area (Å²) in [5.41, 5.74) is -0.562. The number of rotatable bonds is 2. The number of aliphatic hydroxyl groups excluding tert-OH is 1. The van der Waals surface area contributed by atoms with Gasteiger partial charge in [0, 0.05) is 19.0 Å². The minimum absolute atomic E-state index is 0.225. The van der Waals surface area contributed by atoms with Crippen LogP contribution in [0.3, 0.4) is 0 Å². The lowest BCUT2D eigenvalue weighted by molar-refractivity contribution is -0.153. The molecular weight excluding hydrogens is 214 g/mol. The predicted molar refractivity (Wildman–Crippen MR) is 54.9 cm³/mol. The number of nitrogens with zero attached hydrogens (tertiary/aromatic N) is 1. The van der Waals surface area contributed by atoms with Crippen LogP contribution in [-0.4, -0.2) is 52.0 Å². The molecular formula is C10H17NO5. The van der Waals surface area contributed by atoms with Crippen molar-refractivity contribution in [2.24, 2.45) is 5.92 Å². The zero-order chi connectivity index (χ0) is 12.5. The lowest BCUT2D eigenvalue weighted by atomic mass is 9.94. The van der Waals surface area contributed by atoms with E-state index in [0.29, 0.717) is 0 Å². The van der Waals surface area contributed by atoms with E-state index in [1.54, 1.807) is 20.8 Å². The first-order valence-corrected chi connectivity index (χ1v) is 5.09. The highest BCUT2D eigenvalue weighted by atomic mass is 16.6. The SMILES string of the molecule is CC(C)(C)OC(=O)N1CC([C@@H](O)C(=O)O)C1. The molecule has 0 saturated carbocycles. The monoisotopic (exact) mass is 231 g/mol. The number of carboxylic acid groups (broad SMARTS) is 1. The number of likely N-dealkylation sites (tertiary alicyclic amines) is 1. The van der Waals surface area contributed by atoms with Gasteiger partial charge in [0.25, 0.3) is 0 Å². The third-order valence-electron chi connectivity index (χ3n) is 2.26. The quantitative estimate of drug-likeness (QED) is 0.713. The lowest BCUT2D eigenvalue weighted by Gasteiger charge is -2.40. The van der Waals surface area contributed by atoms with Crippen LogP contribution in [0.25, 0.3) is 0 Å². The van der Waals surface area contributed by atoms with Gasteiger partial charge in [0.1, 0.15) is 5.60 Å². The Labute approximate surface area is 93.8 Å². The Kier molecular flexibility index (Phi) is 3.42. The molecule has 0 aliphatic carbocycles. The molecule has 1 fully saturated rings. The van der Waals surface area contributed by atoms with Crippen LogP contribution >= 0.6 is 0 Å². The number of amides is 1. The summed E-state index contributed by atoms with van der Waals surface area (Å²) < 4.78 is 5.09. The summed E-state index contributed by atoms with van der Waals surface area (Å²) in [6.07, 6.45) is -1.87. The van der Waals surface area contributed by atoms with Gasteiger partial charge in [0.15, 0.2) is 6.10 Å². The molecule has 1 aliphatic heterocycles. The van der Waals surface area contributed by atoms with Gasteiger partial charge >= 0.3 is 12.1 Å². The Balaban J connectivity index is 2.36. The molecule has 16 heavy (non-hydrogen) atoms. The summed E-state index contributed by atoms with van der Waals surface area (Å²) in [5, 5.41) is 17.7. The fourth-order valence-electron chi connectivity index (χ4n) is 1.39. The number of aliphatic carboxylic acids is 1. The molecule has 0 aromatic rings. The van der Waals surface area contributed by atoms with E-state index in [2.05, 4.69) is 0 Å². The fraction of sp³-hybridized carbons (Fsp3) is 0.800. The van der Waals surface area contributed by atoms with E-state index in [1.165, 1.54) is 4.90 Å². The molecule has 0 radical (unpaired) electrons. The number of carbonyl (C=O) groups excluding carboxylic acids is 1. The number of hydrogen-bond acceptors (Lipinski definition) is 4. The van der Waals surface area contributed by atoms with Gasteiger partial charge in [-0.2, -0.15) is 0 Å². The molecule has 1 atom stereocenters. The van der Waals surface area contributed by atoms with Gasteiger partial charge in [0.2, 0.25) is 0 Å². The van der Waals surface area contributed by atoms with Crippen LogP contribution in [0.4, 0.5) is 4.79 Å². The summed E-state index contributed by atoms with van der Waals surface area (Å²) in [5.74, 6) is -1.65. The van der Waals surface area contributed by atoms with E-state index < -0.39 is 29.7 Å². The number of carbonyl (C=O) groups is 2. The van der Waals surface area contributed by atoms with Gasteiger partial charge in [-0.3, -0.25) is 0 Å². The van der Waals surface area contributed by atoms with Crippen molar-refractivity contribution in [2.75, 3.05) is 13.1 Å². The van der Waals surface area contributed by atoms with Crippen molar-refractivity contribution < 1.29 is 24.5 Å². The molecule has 1 rings (SSSR count). The second-order valence-electron chi connectivity index (χ2n) is 4.93. The average molecular weight is 231 g/mol. The van der Waals surface area contributed by atoms with Crippen molar-refractivity contribution in [1.29, 1.82) is 0 Å². The summed E-state index contributed by atoms with van der Waals surface area (Å²) in [7, 11) is 0. The summed E-state index contributed by atoms with van der Waals surface area (Å²) in [6.45, 7) is 5.72. The maximum atomic E-state index is 11.5. The molecule has 6 heteroatoms. The Morgan fingerprint density at radius 1 is 1.38 bits per heavy atom. The van der Waals surface area contributed by atoms with Crippen LogP contribution in [0.1, 0.15) is 20.8 Å². The highest BCUT2D eigenvalue weighted by Gasteiger charge is 2.40. The predicted octanol–water partition coefficient (Wildman–Crippen LogP) is 0.299. The second kappa shape index (κ2) is 4.29. The highest BCUT2D eigenvalue weighted by molar-refractivity contribution is 5.74. The van der Waals surface area contributed by atoms with Gasteiger partial charge < -0.3 is 19.8 Å². The molecule has 1 saturated heterocycles. The average Bonchev–Trinajstić information content (AvgIpc) is 1.96. The first kappa shape index (κ1) is 12.8. The molecule has 92 valence electrons. The largest absolute Gasteiger partial charge is 0.479 e. The van der Waals surface area contributed by atoms with Crippen LogP contribution < -0.4 is 0 Å². The minimum atomic E-state index is -1.40. The topological polar surface area (TPSA) is 87.1 Å². The molecule has 2 N–H and O–H groups in total. The number of hydrogen-bond donors (Lipinski definition) is 2. The van der Waals surface area contributed by atoms with Gasteiger partial charge in [-0.1, -0.05) is 0 Å². The van der Waals surface area contributed by atoms with Crippen LogP contribution in [0, 0.1) is 5.92 Å². The Bertz CT molecular complexity index is 290. The zero-order valence-corrected chi connectivity index (χ0v) is 9.64. The maximum Gasteiger partial charge on any atom is 0.410 e. The van der Waals surface area contributed by atoms with Gasteiger partial charge in [-0.25, -0.2) is 9.59 Å². The lowest BCUT2D eigenvalue weighted by Crippen LogP contribution is -2.56. The highest BCUT2D eigenvalue weighted by Crippen LogP contribution is 2.22. The molecule has 1 aliphatic rings. The maximum absolute atomic E-state index is 11.5. The smallest absolute Gasteiger partial charge is 0.410 e. The minimum Gasteiger partial charge on any atom is -0.479 e. The molecule has 0 unspecified atom stereocenters. The van der Waals surface area contributed by atoms with Crippen molar-refractivity contribution in [3.8, 4) is 0 Å². The Morgan fingerprint density at radius 3 is 2.25 bits per heavy atom. The van der Waals surface area contributed by atoms with Crippen LogP contribution in [0.5, 0.6) is 0 Å². The van der Waals surface area contributed by atoms with Gasteiger partial charge in [-0.05, 0) is 20.8 Å². The molecule has 1 heterocycles. The first-order chi connectivity index (χ1) is 7.20. The van der Waals surface area contributed by atoms with Crippen LogP contribution in [0.2, 0.25) is 0 Å². The van der Waals surface area contributed by atoms with E-state index in [4.69, 9.17) is 9.84 Å². The van der Waals surface area contributed by atoms with Crippen molar-refractivity contribution in [1.82, 2.24) is 4.90 Å². The zero-order valence-electron chi connectivity index (χ0n) is 9.64. The normalized spacial score (nSPS) is 18.9. The molecule has 0 bridgehead atoms. The van der Waals surface area contributed by atoms with Crippen molar-refractivity contribution in [2.45, 2.75) is 32.5 Å². The molecule has 0 aromatic carbocycles. The summed E-state index contributed by atoms with van der Waals surface area (Å²) in [4.78, 5) is 23.3. The van der Waals surface area contributed by atoms with Crippen molar-refractivity contribution >= 4 is 12.1 Å². The van der Waals surface area contributed by atoms with Crippen LogP contribution in [0.15, 0.2) is 0 Å². The van der Waals surface area contributed by atoms with E-state index in [9.17, 15) is 14.7 Å². The Morgan fingerprint density at radius 2 is 1.88 bits per heavy atom. The van der Waals surface area contributed by atoms with Gasteiger partial charge in [-0.15, -0.1) is 0 Å². The third kappa shape index (κ3) is 3.10. The third-order valence-corrected chi connectivity index (χ3v) is 2.26. The Hall–Kier alpha value is -1.30. The van der Waals surface area contributed by atoms with E-state index in [-0.39, 0.29) is 13.1 Å². The van der Waals surface area contributed by atoms with Crippen molar-refractivity contribution in [3.63, 3.8) is 0 Å². The second-order valence-corrected chi connectivity index (χ2v) is 4.93. The molecule has 1 amide bonds. The summed E-state index contributed by atoms with van der Waals surface area (Å²) in [6, 6.07) is 0. The first-order valence-electron chi connectivity index (χ1n) is 5.09. The number of carboxylic acids is 1. The standard InChI is InChI=1S/C10H17NO5/c1-10(2,3)16-9(15)11-4-6(5-11)7(12)8(13)14/h6-7,12H,4-5H2,1-3H3,(H,13,14)/t7-/m1/s1. The molecule has 6 nitrogen and oxygen atoms in total. The van der Waals surface area contributed by atoms with Crippen LogP contribution in [-0.2, 0) is 9.53 Å². The molecule has 0 spiro atoms.